The molecule has 0 heterocycles. The fourth-order valence-corrected chi connectivity index (χ4v) is 4.23. The summed E-state index contributed by atoms with van der Waals surface area (Å²) in [4.78, 5) is 12.3. The Kier molecular flexibility index (Phi) is 7.78. The largest absolute Gasteiger partial charge is 0.496 e. The predicted molar refractivity (Wildman–Crippen MR) is 110 cm³/mol. The molecule has 0 unspecified atom stereocenters. The van der Waals surface area contributed by atoms with Crippen LogP contribution in [0, 0.1) is 6.92 Å². The maximum atomic E-state index is 13.2. The third-order valence-electron chi connectivity index (χ3n) is 4.26. The number of methoxy groups -OCH3 is 1. The van der Waals surface area contributed by atoms with E-state index in [1.54, 1.807) is 25.1 Å². The Labute approximate surface area is 166 Å². The van der Waals surface area contributed by atoms with Gasteiger partial charge in [0.05, 0.1) is 18.6 Å². The molecule has 7 heteroatoms. The number of sulfonamides is 1. The van der Waals surface area contributed by atoms with E-state index in [1.165, 1.54) is 17.5 Å². The summed E-state index contributed by atoms with van der Waals surface area (Å²) < 4.78 is 32.8. The normalized spacial score (nSPS) is 11.2. The molecule has 0 aliphatic heterocycles. The van der Waals surface area contributed by atoms with Gasteiger partial charge in [-0.2, -0.15) is 4.31 Å². The number of ether oxygens (including phenoxy) is 1. The second-order valence-electron chi connectivity index (χ2n) is 6.30. The zero-order valence-corrected chi connectivity index (χ0v) is 17.0. The summed E-state index contributed by atoms with van der Waals surface area (Å²) in [6, 6.07) is 14.2. The summed E-state index contributed by atoms with van der Waals surface area (Å²) >= 11 is 0. The Balaban J connectivity index is 2.28. The average Bonchev–Trinajstić information content (AvgIpc) is 2.70. The lowest BCUT2D eigenvalue weighted by atomic mass is 10.1. The number of aryl methyl sites for hydroxylation is 1. The van der Waals surface area contributed by atoms with Crippen LogP contribution in [0.4, 0.5) is 0 Å². The molecule has 0 saturated carbocycles. The monoisotopic (exact) mass is 402 g/mol. The van der Waals surface area contributed by atoms with Gasteiger partial charge in [-0.25, -0.2) is 8.42 Å². The summed E-state index contributed by atoms with van der Waals surface area (Å²) in [5, 5.41) is 2.63. The van der Waals surface area contributed by atoms with Gasteiger partial charge in [0.2, 0.25) is 15.9 Å². The van der Waals surface area contributed by atoms with Crippen LogP contribution in [0.15, 0.2) is 66.1 Å². The van der Waals surface area contributed by atoms with Crippen LogP contribution >= 0.6 is 0 Å². The molecule has 28 heavy (non-hydrogen) atoms. The lowest BCUT2D eigenvalue weighted by Gasteiger charge is -2.22. The highest BCUT2D eigenvalue weighted by molar-refractivity contribution is 7.89. The maximum absolute atomic E-state index is 13.2. The molecule has 0 aromatic heterocycles. The second-order valence-corrected chi connectivity index (χ2v) is 8.24. The van der Waals surface area contributed by atoms with Crippen LogP contribution in [0.2, 0.25) is 0 Å². The van der Waals surface area contributed by atoms with Crippen molar-refractivity contribution in [3.8, 4) is 5.75 Å². The summed E-state index contributed by atoms with van der Waals surface area (Å²) in [5.74, 6) is 0.236. The molecule has 2 rings (SSSR count). The van der Waals surface area contributed by atoms with Crippen LogP contribution in [0.25, 0.3) is 0 Å². The van der Waals surface area contributed by atoms with Gasteiger partial charge in [-0.15, -0.1) is 6.58 Å². The Hall–Kier alpha value is -2.64. The molecule has 0 aliphatic rings. The van der Waals surface area contributed by atoms with Crippen LogP contribution in [-0.4, -0.2) is 45.4 Å². The van der Waals surface area contributed by atoms with E-state index in [4.69, 9.17) is 4.74 Å². The van der Waals surface area contributed by atoms with Crippen molar-refractivity contribution in [2.24, 2.45) is 0 Å². The highest BCUT2D eigenvalue weighted by atomic mass is 32.2. The number of nitrogens with zero attached hydrogens (tertiary/aromatic N) is 1. The first-order valence-corrected chi connectivity index (χ1v) is 10.4. The molecule has 0 radical (unpaired) electrons. The van der Waals surface area contributed by atoms with Crippen molar-refractivity contribution in [3.05, 3.63) is 72.3 Å². The summed E-state index contributed by atoms with van der Waals surface area (Å²) in [5.41, 5.74) is 1.71. The molecule has 0 atom stereocenters. The molecule has 2 aromatic rings. The van der Waals surface area contributed by atoms with E-state index in [0.29, 0.717) is 17.7 Å². The van der Waals surface area contributed by atoms with E-state index in [1.807, 2.05) is 30.3 Å². The minimum atomic E-state index is -3.85. The maximum Gasteiger partial charge on any atom is 0.243 e. The van der Waals surface area contributed by atoms with E-state index >= 15 is 0 Å². The Morgan fingerprint density at radius 3 is 2.54 bits per heavy atom. The fraction of sp³-hybridized carbons (Fsp3) is 0.286. The van der Waals surface area contributed by atoms with E-state index in [-0.39, 0.29) is 30.4 Å². The van der Waals surface area contributed by atoms with Crippen molar-refractivity contribution in [1.29, 1.82) is 0 Å². The van der Waals surface area contributed by atoms with Crippen molar-refractivity contribution < 1.29 is 17.9 Å². The van der Waals surface area contributed by atoms with Gasteiger partial charge >= 0.3 is 0 Å². The van der Waals surface area contributed by atoms with E-state index in [2.05, 4.69) is 11.9 Å². The van der Waals surface area contributed by atoms with Crippen LogP contribution in [0.1, 0.15) is 11.1 Å². The Morgan fingerprint density at radius 1 is 1.21 bits per heavy atom. The predicted octanol–water partition coefficient (Wildman–Crippen LogP) is 2.54. The third-order valence-corrected chi connectivity index (χ3v) is 6.10. The van der Waals surface area contributed by atoms with Gasteiger partial charge in [0, 0.05) is 13.1 Å². The van der Waals surface area contributed by atoms with Gasteiger partial charge in [0.15, 0.2) is 0 Å². The summed E-state index contributed by atoms with van der Waals surface area (Å²) in [7, 11) is -2.31. The Morgan fingerprint density at radius 2 is 1.93 bits per heavy atom. The third kappa shape index (κ3) is 5.68. The number of amides is 1. The quantitative estimate of drug-likeness (QED) is 0.620. The molecule has 1 amide bonds. The zero-order valence-electron chi connectivity index (χ0n) is 16.2. The SMILES string of the molecule is C=CCNC(=O)CN(CCc1ccccc1)S(=O)(=O)c1ccc(OC)c(C)c1. The number of carbonyl (C=O) groups excluding carboxylic acids is 1. The molecule has 150 valence electrons. The molecular weight excluding hydrogens is 376 g/mol. The van der Waals surface area contributed by atoms with Crippen molar-refractivity contribution in [2.75, 3.05) is 26.7 Å². The van der Waals surface area contributed by atoms with Gasteiger partial charge in [-0.1, -0.05) is 36.4 Å². The molecule has 2 aromatic carbocycles. The van der Waals surface area contributed by atoms with Crippen LogP contribution in [0.5, 0.6) is 5.75 Å². The van der Waals surface area contributed by atoms with Gasteiger partial charge < -0.3 is 10.1 Å². The first-order valence-electron chi connectivity index (χ1n) is 8.94. The number of nitrogens with one attached hydrogen (secondary N) is 1. The van der Waals surface area contributed by atoms with Crippen molar-refractivity contribution in [1.82, 2.24) is 9.62 Å². The molecule has 0 fully saturated rings. The molecule has 0 aliphatic carbocycles. The molecule has 1 N–H and O–H groups in total. The summed E-state index contributed by atoms with van der Waals surface area (Å²) in [6.07, 6.45) is 2.05. The zero-order chi connectivity index (χ0) is 20.6. The topological polar surface area (TPSA) is 75.7 Å². The molecule has 0 spiro atoms. The van der Waals surface area contributed by atoms with Gasteiger partial charge in [-0.05, 0) is 42.7 Å². The van der Waals surface area contributed by atoms with Crippen molar-refractivity contribution in [2.45, 2.75) is 18.2 Å². The number of carbonyl (C=O) groups is 1. The lowest BCUT2D eigenvalue weighted by molar-refractivity contribution is -0.121. The summed E-state index contributed by atoms with van der Waals surface area (Å²) in [6.45, 7) is 5.55. The average molecular weight is 403 g/mol. The van der Waals surface area contributed by atoms with Gasteiger partial charge in [0.25, 0.3) is 0 Å². The number of rotatable bonds is 10. The highest BCUT2D eigenvalue weighted by Crippen LogP contribution is 2.24. The molecule has 0 bridgehead atoms. The first kappa shape index (κ1) is 21.7. The molecule has 6 nitrogen and oxygen atoms in total. The van der Waals surface area contributed by atoms with Gasteiger partial charge in [-0.3, -0.25) is 4.79 Å². The van der Waals surface area contributed by atoms with Crippen molar-refractivity contribution >= 4 is 15.9 Å². The number of benzene rings is 2. The standard InChI is InChI=1S/C21H26N2O4S/c1-4-13-22-21(24)16-23(14-12-18-8-6-5-7-9-18)28(25,26)19-10-11-20(27-3)17(2)15-19/h4-11,15H,1,12-14,16H2,2-3H3,(H,22,24). The minimum Gasteiger partial charge on any atom is -0.496 e. The van der Waals surface area contributed by atoms with Crippen LogP contribution in [0.3, 0.4) is 0 Å². The van der Waals surface area contributed by atoms with Crippen molar-refractivity contribution in [3.63, 3.8) is 0 Å². The van der Waals surface area contributed by atoms with E-state index in [9.17, 15) is 13.2 Å². The Bertz CT molecular complexity index is 911. The minimum absolute atomic E-state index is 0.135. The first-order chi connectivity index (χ1) is 13.4. The highest BCUT2D eigenvalue weighted by Gasteiger charge is 2.27. The van der Waals surface area contributed by atoms with Crippen LogP contribution < -0.4 is 10.1 Å². The van der Waals surface area contributed by atoms with E-state index < -0.39 is 10.0 Å². The van der Waals surface area contributed by atoms with E-state index in [0.717, 1.165) is 5.56 Å². The smallest absolute Gasteiger partial charge is 0.243 e. The second kappa shape index (κ2) is 10.1. The molecular formula is C21H26N2O4S. The lowest BCUT2D eigenvalue weighted by Crippen LogP contribution is -2.41. The number of hydrogen-bond acceptors (Lipinski definition) is 4. The van der Waals surface area contributed by atoms with Gasteiger partial charge in [0.1, 0.15) is 5.75 Å². The fourth-order valence-electron chi connectivity index (χ4n) is 2.75. The number of hydrogen-bond donors (Lipinski definition) is 1. The molecule has 0 saturated heterocycles. The van der Waals surface area contributed by atoms with Crippen LogP contribution in [-0.2, 0) is 21.2 Å².